The summed E-state index contributed by atoms with van der Waals surface area (Å²) < 4.78 is 11.3. The molecule has 2 saturated heterocycles. The minimum Gasteiger partial charge on any atom is -0.493 e. The fraction of sp³-hybridized carbons (Fsp3) is 0.346. The summed E-state index contributed by atoms with van der Waals surface area (Å²) in [6.07, 6.45) is 5.59. The molecule has 4 rings (SSSR count). The van der Waals surface area contributed by atoms with Gasteiger partial charge in [-0.15, -0.1) is 0 Å². The van der Waals surface area contributed by atoms with Gasteiger partial charge in [0.1, 0.15) is 13.2 Å². The standard InChI is InChI=1S/C26H25Cl3N2O5S/c1-35-21-12-17(11-20(29)24(21)36-15-16-6-7-18(27)19(28)10-16)13-22-25(33)31(26(34)37-22)14-23(32)30-8-4-2-3-5-9-30/h6-7,10-13H,2-5,8-9,14-15H2,1H3. The third-order valence-corrected chi connectivity index (χ3v) is 7.97. The van der Waals surface area contributed by atoms with Crippen LogP contribution in [0, 0.1) is 0 Å². The van der Waals surface area contributed by atoms with E-state index in [0.29, 0.717) is 40.2 Å². The van der Waals surface area contributed by atoms with E-state index in [1.807, 2.05) is 0 Å². The Morgan fingerprint density at radius 3 is 2.41 bits per heavy atom. The summed E-state index contributed by atoms with van der Waals surface area (Å²) in [6, 6.07) is 8.44. The normalized spacial score (nSPS) is 17.4. The number of carbonyl (C=O) groups excluding carboxylic acids is 3. The zero-order valence-electron chi connectivity index (χ0n) is 20.1. The van der Waals surface area contributed by atoms with Crippen molar-refractivity contribution < 1.29 is 23.9 Å². The summed E-state index contributed by atoms with van der Waals surface area (Å²) >= 11 is 19.3. The number of ether oxygens (including phenoxy) is 2. The lowest BCUT2D eigenvalue weighted by atomic mass is 10.1. The molecule has 0 N–H and O–H groups in total. The molecule has 196 valence electrons. The van der Waals surface area contributed by atoms with Crippen molar-refractivity contribution in [3.63, 3.8) is 0 Å². The molecule has 2 aromatic carbocycles. The summed E-state index contributed by atoms with van der Waals surface area (Å²) in [6.45, 7) is 1.23. The van der Waals surface area contributed by atoms with Crippen molar-refractivity contribution in [2.24, 2.45) is 0 Å². The molecule has 0 aromatic heterocycles. The summed E-state index contributed by atoms with van der Waals surface area (Å²) in [5.74, 6) is -0.0373. The van der Waals surface area contributed by atoms with Crippen LogP contribution in [-0.2, 0) is 16.2 Å². The maximum absolute atomic E-state index is 13.0. The molecule has 0 aliphatic carbocycles. The maximum atomic E-state index is 13.0. The average Bonchev–Trinajstić information content (AvgIpc) is 3.05. The summed E-state index contributed by atoms with van der Waals surface area (Å²) in [4.78, 5) is 41.2. The van der Waals surface area contributed by atoms with Gasteiger partial charge in [-0.1, -0.05) is 53.7 Å². The predicted octanol–water partition coefficient (Wildman–Crippen LogP) is 6.67. The van der Waals surface area contributed by atoms with Crippen molar-refractivity contribution in [1.82, 2.24) is 9.80 Å². The predicted molar refractivity (Wildman–Crippen MR) is 147 cm³/mol. The van der Waals surface area contributed by atoms with Gasteiger partial charge in [0.05, 0.1) is 27.1 Å². The van der Waals surface area contributed by atoms with Crippen molar-refractivity contribution in [1.29, 1.82) is 0 Å². The highest BCUT2D eigenvalue weighted by Crippen LogP contribution is 2.39. The van der Waals surface area contributed by atoms with Gasteiger partial charge in [0.15, 0.2) is 11.5 Å². The molecule has 0 unspecified atom stereocenters. The number of methoxy groups -OCH3 is 1. The second-order valence-corrected chi connectivity index (χ2v) is 10.8. The second kappa shape index (κ2) is 12.4. The van der Waals surface area contributed by atoms with Crippen molar-refractivity contribution in [3.8, 4) is 11.5 Å². The molecule has 0 saturated carbocycles. The van der Waals surface area contributed by atoms with Crippen LogP contribution in [0.1, 0.15) is 36.8 Å². The van der Waals surface area contributed by atoms with E-state index in [1.165, 1.54) is 7.11 Å². The van der Waals surface area contributed by atoms with Gasteiger partial charge in [0.2, 0.25) is 5.91 Å². The third kappa shape index (κ3) is 6.74. The number of benzene rings is 2. The molecule has 2 aliphatic rings. The monoisotopic (exact) mass is 582 g/mol. The third-order valence-electron chi connectivity index (χ3n) is 6.04. The molecule has 0 bridgehead atoms. The number of nitrogens with zero attached hydrogens (tertiary/aromatic N) is 2. The van der Waals surface area contributed by atoms with Gasteiger partial charge in [0, 0.05) is 13.1 Å². The Kier molecular flexibility index (Phi) is 9.29. The zero-order chi connectivity index (χ0) is 26.5. The molecule has 2 heterocycles. The van der Waals surface area contributed by atoms with Crippen LogP contribution in [0.5, 0.6) is 11.5 Å². The first kappa shape index (κ1) is 27.6. The molecule has 2 fully saturated rings. The number of amides is 3. The van der Waals surface area contributed by atoms with Crippen LogP contribution in [0.15, 0.2) is 35.2 Å². The van der Waals surface area contributed by atoms with Gasteiger partial charge in [-0.25, -0.2) is 0 Å². The highest BCUT2D eigenvalue weighted by molar-refractivity contribution is 8.18. The van der Waals surface area contributed by atoms with E-state index in [0.717, 1.165) is 47.9 Å². The van der Waals surface area contributed by atoms with Gasteiger partial charge >= 0.3 is 0 Å². The molecule has 11 heteroatoms. The molecule has 0 atom stereocenters. The first-order valence-electron chi connectivity index (χ1n) is 11.7. The summed E-state index contributed by atoms with van der Waals surface area (Å²) in [5.41, 5.74) is 1.34. The maximum Gasteiger partial charge on any atom is 0.294 e. The van der Waals surface area contributed by atoms with E-state index >= 15 is 0 Å². The van der Waals surface area contributed by atoms with E-state index < -0.39 is 11.1 Å². The van der Waals surface area contributed by atoms with Gasteiger partial charge in [-0.3, -0.25) is 19.3 Å². The van der Waals surface area contributed by atoms with Crippen LogP contribution in [0.3, 0.4) is 0 Å². The molecule has 3 amide bonds. The molecule has 0 radical (unpaired) electrons. The molecular formula is C26H25Cl3N2O5S. The first-order chi connectivity index (χ1) is 17.8. The van der Waals surface area contributed by atoms with Gasteiger partial charge in [0.25, 0.3) is 11.1 Å². The first-order valence-corrected chi connectivity index (χ1v) is 13.7. The minimum atomic E-state index is -0.506. The van der Waals surface area contributed by atoms with Crippen molar-refractivity contribution >= 4 is 69.7 Å². The number of thioether (sulfide) groups is 1. The molecule has 37 heavy (non-hydrogen) atoms. The molecule has 0 spiro atoms. The molecular weight excluding hydrogens is 559 g/mol. The average molecular weight is 584 g/mol. The summed E-state index contributed by atoms with van der Waals surface area (Å²) in [5, 5.41) is 0.652. The fourth-order valence-electron chi connectivity index (χ4n) is 4.09. The van der Waals surface area contributed by atoms with Crippen LogP contribution in [-0.4, -0.2) is 53.6 Å². The SMILES string of the molecule is COc1cc(C=C2SC(=O)N(CC(=O)N3CCCCCC3)C2=O)cc(Cl)c1OCc1ccc(Cl)c(Cl)c1. The number of imide groups is 1. The van der Waals surface area contributed by atoms with Gasteiger partial charge in [-0.05, 0) is 66.1 Å². The quantitative estimate of drug-likeness (QED) is 0.339. The summed E-state index contributed by atoms with van der Waals surface area (Å²) in [7, 11) is 1.48. The van der Waals surface area contributed by atoms with E-state index in [-0.39, 0.29) is 29.0 Å². The van der Waals surface area contributed by atoms with Gasteiger partial charge in [-0.2, -0.15) is 0 Å². The van der Waals surface area contributed by atoms with Crippen molar-refractivity contribution in [2.75, 3.05) is 26.7 Å². The Labute approximate surface area is 234 Å². The van der Waals surface area contributed by atoms with Crippen LogP contribution in [0.2, 0.25) is 15.1 Å². The molecule has 2 aromatic rings. The van der Waals surface area contributed by atoms with Crippen LogP contribution in [0.25, 0.3) is 6.08 Å². The van der Waals surface area contributed by atoms with Gasteiger partial charge < -0.3 is 14.4 Å². The number of hydrogen-bond acceptors (Lipinski definition) is 6. The lowest BCUT2D eigenvalue weighted by molar-refractivity contribution is -0.135. The Morgan fingerprint density at radius 2 is 1.73 bits per heavy atom. The largest absolute Gasteiger partial charge is 0.493 e. The van der Waals surface area contributed by atoms with Crippen LogP contribution < -0.4 is 9.47 Å². The highest BCUT2D eigenvalue weighted by atomic mass is 35.5. The van der Waals surface area contributed by atoms with Crippen LogP contribution >= 0.6 is 46.6 Å². The topological polar surface area (TPSA) is 76.2 Å². The van der Waals surface area contributed by atoms with E-state index in [4.69, 9.17) is 44.3 Å². The Bertz CT molecular complexity index is 1240. The lowest BCUT2D eigenvalue weighted by Gasteiger charge is -2.22. The number of halogens is 3. The second-order valence-electron chi connectivity index (χ2n) is 8.63. The number of likely N-dealkylation sites (tertiary alicyclic amines) is 1. The lowest BCUT2D eigenvalue weighted by Crippen LogP contribution is -2.42. The van der Waals surface area contributed by atoms with Crippen molar-refractivity contribution in [2.45, 2.75) is 32.3 Å². The Morgan fingerprint density at radius 1 is 1.00 bits per heavy atom. The Balaban J connectivity index is 1.47. The number of rotatable bonds is 7. The smallest absolute Gasteiger partial charge is 0.294 e. The Hall–Kier alpha value is -2.39. The van der Waals surface area contributed by atoms with E-state index in [1.54, 1.807) is 41.3 Å². The molecule has 2 aliphatic heterocycles. The van der Waals surface area contributed by atoms with E-state index in [9.17, 15) is 14.4 Å². The number of hydrogen-bond donors (Lipinski definition) is 0. The number of carbonyl (C=O) groups is 3. The highest BCUT2D eigenvalue weighted by Gasteiger charge is 2.37. The zero-order valence-corrected chi connectivity index (χ0v) is 23.2. The minimum absolute atomic E-state index is 0.177. The van der Waals surface area contributed by atoms with Crippen molar-refractivity contribution in [3.05, 3.63) is 61.4 Å². The fourth-order valence-corrected chi connectivity index (χ4v) is 5.52. The molecule has 7 nitrogen and oxygen atoms in total. The van der Waals surface area contributed by atoms with E-state index in [2.05, 4.69) is 0 Å². The van der Waals surface area contributed by atoms with Crippen LogP contribution in [0.4, 0.5) is 4.79 Å².